The van der Waals surface area contributed by atoms with Crippen molar-refractivity contribution in [2.75, 3.05) is 6.54 Å². The van der Waals surface area contributed by atoms with Crippen LogP contribution in [0.25, 0.3) is 0 Å². The standard InChI is InChI=1S/C15H21NO4/c1-10-3-2-6-15(20,8-10)9-16-14(19)11-4-5-12(17)13(18)7-11/h4-5,7,10,17-18,20H,2-3,6,8-9H2,1H3,(H,16,19). The fourth-order valence-electron chi connectivity index (χ4n) is 2.80. The first kappa shape index (κ1) is 14.7. The van der Waals surface area contributed by atoms with Crippen molar-refractivity contribution in [3.63, 3.8) is 0 Å². The van der Waals surface area contributed by atoms with Gasteiger partial charge in [-0.25, -0.2) is 0 Å². The van der Waals surface area contributed by atoms with Crippen LogP contribution in [-0.2, 0) is 0 Å². The molecule has 0 aromatic heterocycles. The summed E-state index contributed by atoms with van der Waals surface area (Å²) in [7, 11) is 0. The molecule has 1 fully saturated rings. The van der Waals surface area contributed by atoms with E-state index < -0.39 is 5.60 Å². The third-order valence-electron chi connectivity index (χ3n) is 3.88. The summed E-state index contributed by atoms with van der Waals surface area (Å²) in [5.74, 6) is -0.501. The van der Waals surface area contributed by atoms with Crippen LogP contribution in [0.1, 0.15) is 43.0 Å². The van der Waals surface area contributed by atoms with Crippen LogP contribution < -0.4 is 5.32 Å². The Labute approximate surface area is 118 Å². The van der Waals surface area contributed by atoms with Crippen LogP contribution in [0.15, 0.2) is 18.2 Å². The van der Waals surface area contributed by atoms with Crippen molar-refractivity contribution in [1.29, 1.82) is 0 Å². The Hall–Kier alpha value is -1.75. The highest BCUT2D eigenvalue weighted by molar-refractivity contribution is 5.94. The molecule has 0 saturated heterocycles. The molecular weight excluding hydrogens is 258 g/mol. The predicted molar refractivity (Wildman–Crippen MR) is 74.7 cm³/mol. The molecule has 2 rings (SSSR count). The van der Waals surface area contributed by atoms with Gasteiger partial charge < -0.3 is 20.6 Å². The van der Waals surface area contributed by atoms with E-state index in [1.165, 1.54) is 18.2 Å². The topological polar surface area (TPSA) is 89.8 Å². The van der Waals surface area contributed by atoms with Crippen LogP contribution in [0.2, 0.25) is 0 Å². The Kier molecular flexibility index (Phi) is 4.18. The van der Waals surface area contributed by atoms with Gasteiger partial charge in [0.1, 0.15) is 0 Å². The van der Waals surface area contributed by atoms with Crippen LogP contribution in [0.3, 0.4) is 0 Å². The van der Waals surface area contributed by atoms with Crippen LogP contribution in [0.4, 0.5) is 0 Å². The van der Waals surface area contributed by atoms with E-state index in [1.54, 1.807) is 0 Å². The van der Waals surface area contributed by atoms with Gasteiger partial charge >= 0.3 is 0 Å². The molecule has 1 aromatic rings. The maximum atomic E-state index is 12.0. The highest BCUT2D eigenvalue weighted by Gasteiger charge is 2.32. The lowest BCUT2D eigenvalue weighted by molar-refractivity contribution is -0.0109. The minimum atomic E-state index is -0.841. The lowest BCUT2D eigenvalue weighted by Crippen LogP contribution is -2.45. The Morgan fingerprint density at radius 2 is 2.15 bits per heavy atom. The van der Waals surface area contributed by atoms with Crippen molar-refractivity contribution in [1.82, 2.24) is 5.32 Å². The van der Waals surface area contributed by atoms with Gasteiger partial charge in [-0.1, -0.05) is 19.8 Å². The molecule has 110 valence electrons. The van der Waals surface area contributed by atoms with Crippen molar-refractivity contribution >= 4 is 5.91 Å². The molecular formula is C15H21NO4. The number of carbonyl (C=O) groups excluding carboxylic acids is 1. The maximum absolute atomic E-state index is 12.0. The van der Waals surface area contributed by atoms with E-state index in [1.807, 2.05) is 0 Å². The molecule has 2 unspecified atom stereocenters. The average Bonchev–Trinajstić information content (AvgIpc) is 2.39. The molecule has 0 spiro atoms. The Morgan fingerprint density at radius 3 is 2.80 bits per heavy atom. The van der Waals surface area contributed by atoms with E-state index in [2.05, 4.69) is 12.2 Å². The van der Waals surface area contributed by atoms with Gasteiger partial charge in [-0.05, 0) is 37.0 Å². The molecule has 0 aliphatic heterocycles. The molecule has 5 nitrogen and oxygen atoms in total. The summed E-state index contributed by atoms with van der Waals surface area (Å²) in [5.41, 5.74) is -0.584. The van der Waals surface area contributed by atoms with E-state index in [4.69, 9.17) is 0 Å². The average molecular weight is 279 g/mol. The summed E-state index contributed by atoms with van der Waals surface area (Å²) in [5, 5.41) is 31.7. The lowest BCUT2D eigenvalue weighted by Gasteiger charge is -2.35. The molecule has 2 atom stereocenters. The zero-order chi connectivity index (χ0) is 14.8. The molecule has 5 heteroatoms. The SMILES string of the molecule is CC1CCCC(O)(CNC(=O)c2ccc(O)c(O)c2)C1. The van der Waals surface area contributed by atoms with Crippen molar-refractivity contribution in [3.8, 4) is 11.5 Å². The first-order valence-corrected chi connectivity index (χ1v) is 6.92. The number of benzene rings is 1. The van der Waals surface area contributed by atoms with Gasteiger partial charge in [0.05, 0.1) is 5.60 Å². The molecule has 20 heavy (non-hydrogen) atoms. The predicted octanol–water partition coefficient (Wildman–Crippen LogP) is 1.77. The number of phenols is 2. The molecule has 0 bridgehead atoms. The zero-order valence-electron chi connectivity index (χ0n) is 11.6. The second-order valence-electron chi connectivity index (χ2n) is 5.81. The molecule has 0 radical (unpaired) electrons. The second kappa shape index (κ2) is 5.71. The third-order valence-corrected chi connectivity index (χ3v) is 3.88. The van der Waals surface area contributed by atoms with Gasteiger partial charge in [0.25, 0.3) is 5.91 Å². The van der Waals surface area contributed by atoms with Crippen molar-refractivity contribution in [2.45, 2.75) is 38.2 Å². The second-order valence-corrected chi connectivity index (χ2v) is 5.81. The minimum absolute atomic E-state index is 0.206. The molecule has 1 saturated carbocycles. The highest BCUT2D eigenvalue weighted by Crippen LogP contribution is 2.31. The van der Waals surface area contributed by atoms with Crippen LogP contribution >= 0.6 is 0 Å². The summed E-state index contributed by atoms with van der Waals surface area (Å²) in [6.07, 6.45) is 3.46. The highest BCUT2D eigenvalue weighted by atomic mass is 16.3. The zero-order valence-corrected chi connectivity index (χ0v) is 11.6. The van der Waals surface area contributed by atoms with Crippen LogP contribution in [0, 0.1) is 5.92 Å². The van der Waals surface area contributed by atoms with Crippen molar-refractivity contribution in [3.05, 3.63) is 23.8 Å². The number of rotatable bonds is 3. The van der Waals surface area contributed by atoms with E-state index in [0.717, 1.165) is 12.8 Å². The number of hydrogen-bond acceptors (Lipinski definition) is 4. The normalized spacial score (nSPS) is 26.2. The number of aromatic hydroxyl groups is 2. The van der Waals surface area contributed by atoms with Gasteiger partial charge in [0.15, 0.2) is 11.5 Å². The summed E-state index contributed by atoms with van der Waals surface area (Å²) in [4.78, 5) is 12.0. The fourth-order valence-corrected chi connectivity index (χ4v) is 2.80. The first-order valence-electron chi connectivity index (χ1n) is 6.92. The largest absolute Gasteiger partial charge is 0.504 e. The quantitative estimate of drug-likeness (QED) is 0.635. The van der Waals surface area contributed by atoms with Gasteiger partial charge in [-0.2, -0.15) is 0 Å². The van der Waals surface area contributed by atoms with E-state index in [9.17, 15) is 20.1 Å². The monoisotopic (exact) mass is 279 g/mol. The molecule has 1 aromatic carbocycles. The van der Waals surface area contributed by atoms with E-state index >= 15 is 0 Å². The molecule has 1 amide bonds. The van der Waals surface area contributed by atoms with Crippen molar-refractivity contribution < 1.29 is 20.1 Å². The number of carbonyl (C=O) groups is 1. The number of hydrogen-bond donors (Lipinski definition) is 4. The van der Waals surface area contributed by atoms with E-state index in [0.29, 0.717) is 18.8 Å². The Bertz CT molecular complexity index is 503. The summed E-state index contributed by atoms with van der Waals surface area (Å²) in [6, 6.07) is 3.90. The summed E-state index contributed by atoms with van der Waals surface area (Å²) in [6.45, 7) is 2.31. The van der Waals surface area contributed by atoms with Crippen LogP contribution in [-0.4, -0.2) is 33.4 Å². The van der Waals surface area contributed by atoms with Gasteiger partial charge in [-0.3, -0.25) is 4.79 Å². The molecule has 1 aliphatic carbocycles. The van der Waals surface area contributed by atoms with E-state index in [-0.39, 0.29) is 29.5 Å². The molecule has 1 aliphatic rings. The Morgan fingerprint density at radius 1 is 1.40 bits per heavy atom. The molecule has 0 heterocycles. The van der Waals surface area contributed by atoms with Gasteiger partial charge in [0.2, 0.25) is 0 Å². The first-order chi connectivity index (χ1) is 9.39. The maximum Gasteiger partial charge on any atom is 0.251 e. The number of aliphatic hydroxyl groups is 1. The van der Waals surface area contributed by atoms with Crippen molar-refractivity contribution in [2.24, 2.45) is 5.92 Å². The number of nitrogens with one attached hydrogen (secondary N) is 1. The minimum Gasteiger partial charge on any atom is -0.504 e. The smallest absolute Gasteiger partial charge is 0.251 e. The summed E-state index contributed by atoms with van der Waals surface area (Å²) < 4.78 is 0. The molecule has 4 N–H and O–H groups in total. The Balaban J connectivity index is 1.96. The lowest BCUT2D eigenvalue weighted by atomic mass is 9.79. The van der Waals surface area contributed by atoms with Gasteiger partial charge in [0, 0.05) is 12.1 Å². The number of phenolic OH excluding ortho intramolecular Hbond substituents is 2. The number of amides is 1. The fraction of sp³-hybridized carbons (Fsp3) is 0.533. The van der Waals surface area contributed by atoms with Crippen LogP contribution in [0.5, 0.6) is 11.5 Å². The van der Waals surface area contributed by atoms with Gasteiger partial charge in [-0.15, -0.1) is 0 Å². The summed E-state index contributed by atoms with van der Waals surface area (Å²) >= 11 is 0. The third kappa shape index (κ3) is 3.42.